The largest absolute Gasteiger partial charge is 0.480 e. The van der Waals surface area contributed by atoms with Crippen molar-refractivity contribution in [1.29, 1.82) is 0 Å². The molecule has 0 atom stereocenters. The van der Waals surface area contributed by atoms with Crippen molar-refractivity contribution >= 4 is 29.4 Å². The minimum Gasteiger partial charge on any atom is -0.480 e. The molecular formula is C14H20N2O3S. The van der Waals surface area contributed by atoms with Gasteiger partial charge in [-0.2, -0.15) is 0 Å². The van der Waals surface area contributed by atoms with E-state index in [9.17, 15) is 9.59 Å². The quantitative estimate of drug-likeness (QED) is 0.792. The number of benzene rings is 1. The Morgan fingerprint density at radius 1 is 1.35 bits per heavy atom. The molecule has 0 unspecified atom stereocenters. The number of urea groups is 1. The lowest BCUT2D eigenvalue weighted by molar-refractivity contribution is -0.137. The molecule has 1 aromatic rings. The van der Waals surface area contributed by atoms with Gasteiger partial charge in [-0.25, -0.2) is 4.79 Å². The van der Waals surface area contributed by atoms with Crippen LogP contribution in [0.5, 0.6) is 0 Å². The van der Waals surface area contributed by atoms with Crippen LogP contribution in [-0.2, 0) is 4.79 Å². The number of nitrogens with zero attached hydrogens (tertiary/aromatic N) is 1. The molecule has 0 radical (unpaired) electrons. The van der Waals surface area contributed by atoms with Gasteiger partial charge in [0.05, 0.1) is 5.69 Å². The number of carboxylic acid groups (broad SMARTS) is 1. The molecule has 0 aromatic heterocycles. The molecule has 0 aliphatic rings. The van der Waals surface area contributed by atoms with E-state index in [1.165, 1.54) is 16.7 Å². The lowest BCUT2D eigenvalue weighted by Crippen LogP contribution is -2.41. The number of carbonyl (C=O) groups is 2. The van der Waals surface area contributed by atoms with Gasteiger partial charge in [-0.15, -0.1) is 11.8 Å². The maximum Gasteiger partial charge on any atom is 0.323 e. The maximum absolute atomic E-state index is 12.2. The van der Waals surface area contributed by atoms with Crippen molar-refractivity contribution in [2.45, 2.75) is 18.7 Å². The van der Waals surface area contributed by atoms with E-state index in [0.717, 1.165) is 4.90 Å². The molecule has 1 rings (SSSR count). The molecular weight excluding hydrogens is 276 g/mol. The van der Waals surface area contributed by atoms with Gasteiger partial charge in [0.1, 0.15) is 6.54 Å². The number of amides is 2. The fraction of sp³-hybridized carbons (Fsp3) is 0.429. The van der Waals surface area contributed by atoms with Crippen molar-refractivity contribution in [2.24, 2.45) is 5.92 Å². The first kappa shape index (κ1) is 16.4. The summed E-state index contributed by atoms with van der Waals surface area (Å²) in [5.41, 5.74) is 0.698. The van der Waals surface area contributed by atoms with Crippen LogP contribution in [0.15, 0.2) is 29.2 Å². The monoisotopic (exact) mass is 296 g/mol. The second kappa shape index (κ2) is 7.79. The van der Waals surface area contributed by atoms with Crippen molar-refractivity contribution in [2.75, 3.05) is 24.7 Å². The number of hydrogen-bond donors (Lipinski definition) is 2. The van der Waals surface area contributed by atoms with Crippen molar-refractivity contribution in [1.82, 2.24) is 4.90 Å². The normalized spacial score (nSPS) is 10.4. The Bertz CT molecular complexity index is 477. The maximum atomic E-state index is 12.2. The number of rotatable bonds is 6. The summed E-state index contributed by atoms with van der Waals surface area (Å²) in [6, 6.07) is 7.05. The van der Waals surface area contributed by atoms with Crippen LogP contribution >= 0.6 is 11.8 Å². The average Bonchev–Trinajstić information content (AvgIpc) is 2.37. The summed E-state index contributed by atoms with van der Waals surface area (Å²) in [6.07, 6.45) is 1.92. The van der Waals surface area contributed by atoms with Crippen molar-refractivity contribution in [3.63, 3.8) is 0 Å². The van der Waals surface area contributed by atoms with Gasteiger partial charge in [-0.05, 0) is 24.3 Å². The van der Waals surface area contributed by atoms with E-state index < -0.39 is 5.97 Å². The minimum absolute atomic E-state index is 0.205. The Balaban J connectivity index is 2.81. The molecule has 1 aromatic carbocycles. The molecule has 0 fully saturated rings. The Morgan fingerprint density at radius 2 is 2.00 bits per heavy atom. The van der Waals surface area contributed by atoms with Gasteiger partial charge in [0, 0.05) is 11.4 Å². The smallest absolute Gasteiger partial charge is 0.323 e. The second-order valence-corrected chi connectivity index (χ2v) is 5.65. The number of para-hydroxylation sites is 1. The standard InChI is InChI=1S/C14H20N2O3S/c1-10(2)8-16(9-13(17)18)14(19)15-11-6-4-5-7-12(11)20-3/h4-7,10H,8-9H2,1-3H3,(H,15,19)(H,17,18). The van der Waals surface area contributed by atoms with E-state index in [2.05, 4.69) is 5.32 Å². The molecule has 0 heterocycles. The van der Waals surface area contributed by atoms with Crippen molar-refractivity contribution < 1.29 is 14.7 Å². The van der Waals surface area contributed by atoms with E-state index in [4.69, 9.17) is 5.11 Å². The Kier molecular flexibility index (Phi) is 6.38. The zero-order valence-corrected chi connectivity index (χ0v) is 12.7. The summed E-state index contributed by atoms with van der Waals surface area (Å²) in [5, 5.41) is 11.7. The highest BCUT2D eigenvalue weighted by Crippen LogP contribution is 2.24. The molecule has 0 aliphatic carbocycles. The Labute approximate surface area is 123 Å². The van der Waals surface area contributed by atoms with Gasteiger partial charge in [0.15, 0.2) is 0 Å². The van der Waals surface area contributed by atoms with Gasteiger partial charge in [-0.3, -0.25) is 4.79 Å². The summed E-state index contributed by atoms with van der Waals surface area (Å²) in [4.78, 5) is 25.3. The van der Waals surface area contributed by atoms with E-state index in [1.807, 2.05) is 38.3 Å². The summed E-state index contributed by atoms with van der Waals surface area (Å²) in [5.74, 6) is -0.810. The number of nitrogens with one attached hydrogen (secondary N) is 1. The Hall–Kier alpha value is -1.69. The van der Waals surface area contributed by atoms with Crippen LogP contribution < -0.4 is 5.32 Å². The van der Waals surface area contributed by atoms with Crippen LogP contribution in [0, 0.1) is 5.92 Å². The fourth-order valence-corrected chi connectivity index (χ4v) is 2.32. The highest BCUT2D eigenvalue weighted by molar-refractivity contribution is 7.98. The third-order valence-corrected chi connectivity index (χ3v) is 3.34. The lowest BCUT2D eigenvalue weighted by atomic mass is 10.2. The van der Waals surface area contributed by atoms with Gasteiger partial charge < -0.3 is 15.3 Å². The van der Waals surface area contributed by atoms with E-state index in [0.29, 0.717) is 12.2 Å². The summed E-state index contributed by atoms with van der Waals surface area (Å²) < 4.78 is 0. The average molecular weight is 296 g/mol. The van der Waals surface area contributed by atoms with Crippen LogP contribution in [0.2, 0.25) is 0 Å². The van der Waals surface area contributed by atoms with Crippen molar-refractivity contribution in [3.05, 3.63) is 24.3 Å². The number of carboxylic acids is 1. The number of hydrogen-bond acceptors (Lipinski definition) is 3. The number of carbonyl (C=O) groups excluding carboxylic acids is 1. The molecule has 0 bridgehead atoms. The number of aliphatic carboxylic acids is 1. The summed E-state index contributed by atoms with van der Waals surface area (Å²) in [6.45, 7) is 3.99. The van der Waals surface area contributed by atoms with Crippen molar-refractivity contribution in [3.8, 4) is 0 Å². The number of anilines is 1. The lowest BCUT2D eigenvalue weighted by Gasteiger charge is -2.23. The molecule has 110 valence electrons. The first-order chi connectivity index (χ1) is 9.43. The first-order valence-corrected chi connectivity index (χ1v) is 7.57. The molecule has 20 heavy (non-hydrogen) atoms. The van der Waals surface area contributed by atoms with Crippen LogP contribution in [0.4, 0.5) is 10.5 Å². The van der Waals surface area contributed by atoms with Gasteiger partial charge >= 0.3 is 12.0 Å². The van der Waals surface area contributed by atoms with E-state index >= 15 is 0 Å². The topological polar surface area (TPSA) is 69.6 Å². The molecule has 2 amide bonds. The van der Waals surface area contributed by atoms with Gasteiger partial charge in [-0.1, -0.05) is 26.0 Å². The summed E-state index contributed by atoms with van der Waals surface area (Å²) >= 11 is 1.53. The molecule has 5 nitrogen and oxygen atoms in total. The third kappa shape index (κ3) is 5.13. The van der Waals surface area contributed by atoms with Crippen LogP contribution in [-0.4, -0.2) is 41.4 Å². The molecule has 0 spiro atoms. The van der Waals surface area contributed by atoms with Crippen LogP contribution in [0.25, 0.3) is 0 Å². The third-order valence-electron chi connectivity index (χ3n) is 2.55. The summed E-state index contributed by atoms with van der Waals surface area (Å²) in [7, 11) is 0. The minimum atomic E-state index is -1.01. The SMILES string of the molecule is CSc1ccccc1NC(=O)N(CC(=O)O)CC(C)C. The van der Waals surface area contributed by atoms with Crippen LogP contribution in [0.3, 0.4) is 0 Å². The zero-order chi connectivity index (χ0) is 15.1. The second-order valence-electron chi connectivity index (χ2n) is 4.80. The molecule has 6 heteroatoms. The predicted molar refractivity (Wildman–Crippen MR) is 81.3 cm³/mol. The predicted octanol–water partition coefficient (Wildman–Crippen LogP) is 2.98. The fourth-order valence-electron chi connectivity index (χ4n) is 1.77. The molecule has 0 saturated heterocycles. The highest BCUT2D eigenvalue weighted by atomic mass is 32.2. The van der Waals surface area contributed by atoms with E-state index in [1.54, 1.807) is 6.07 Å². The Morgan fingerprint density at radius 3 is 2.55 bits per heavy atom. The van der Waals surface area contributed by atoms with Crippen LogP contribution in [0.1, 0.15) is 13.8 Å². The first-order valence-electron chi connectivity index (χ1n) is 6.34. The molecule has 0 aliphatic heterocycles. The van der Waals surface area contributed by atoms with Gasteiger partial charge in [0.25, 0.3) is 0 Å². The number of thioether (sulfide) groups is 1. The zero-order valence-electron chi connectivity index (χ0n) is 11.9. The molecule has 0 saturated carbocycles. The molecule has 2 N–H and O–H groups in total. The highest BCUT2D eigenvalue weighted by Gasteiger charge is 2.18. The van der Waals surface area contributed by atoms with Gasteiger partial charge in [0.2, 0.25) is 0 Å². The van der Waals surface area contributed by atoms with E-state index in [-0.39, 0.29) is 18.5 Å².